The summed E-state index contributed by atoms with van der Waals surface area (Å²) in [5, 5.41) is 19.7. The Labute approximate surface area is 108 Å². The number of aliphatic hydroxyl groups is 2. The molecule has 0 aliphatic carbocycles. The van der Waals surface area contributed by atoms with Crippen LogP contribution in [-0.2, 0) is 9.59 Å². The summed E-state index contributed by atoms with van der Waals surface area (Å²) < 4.78 is 0. The topological polar surface area (TPSA) is 74.6 Å². The average molecular weight is 254 g/mol. The number of hydrogen-bond donors (Lipinski definition) is 2. The summed E-state index contributed by atoms with van der Waals surface area (Å²) in [6, 6.07) is 0. The van der Waals surface area contributed by atoms with Crippen LogP contribution in [-0.4, -0.2) is 21.8 Å². The Hall–Kier alpha value is -1.58. The van der Waals surface area contributed by atoms with E-state index in [1.165, 1.54) is 0 Å². The number of carbonyl (C=O) groups excluding carboxylic acids is 2. The summed E-state index contributed by atoms with van der Waals surface area (Å²) >= 11 is 0. The minimum atomic E-state index is -0.328. The molecule has 102 valence electrons. The normalized spacial score (nSPS) is 13.8. The molecule has 18 heavy (non-hydrogen) atoms. The van der Waals surface area contributed by atoms with Crippen LogP contribution in [0.4, 0.5) is 0 Å². The monoisotopic (exact) mass is 254 g/mol. The molecule has 0 rings (SSSR count). The van der Waals surface area contributed by atoms with Crippen molar-refractivity contribution in [1.82, 2.24) is 0 Å². The van der Waals surface area contributed by atoms with E-state index < -0.39 is 0 Å². The van der Waals surface area contributed by atoms with Crippen LogP contribution < -0.4 is 0 Å². The SMILES string of the molecule is CCC(=O)C(=C(\O)CC)/C(C(=O)CC)=C(/O)CC. The van der Waals surface area contributed by atoms with Crippen LogP contribution in [0, 0.1) is 0 Å². The van der Waals surface area contributed by atoms with Gasteiger partial charge in [-0.15, -0.1) is 0 Å². The van der Waals surface area contributed by atoms with E-state index in [1.807, 2.05) is 0 Å². The van der Waals surface area contributed by atoms with Crippen molar-refractivity contribution in [2.75, 3.05) is 0 Å². The van der Waals surface area contributed by atoms with Gasteiger partial charge in [-0.05, 0) is 0 Å². The highest BCUT2D eigenvalue weighted by atomic mass is 16.3. The Morgan fingerprint density at radius 1 is 0.667 bits per heavy atom. The predicted octanol–water partition coefficient (Wildman–Crippen LogP) is 3.39. The van der Waals surface area contributed by atoms with E-state index in [0.29, 0.717) is 0 Å². The number of allylic oxidation sites excluding steroid dienone is 4. The molecule has 0 aliphatic rings. The molecule has 0 amide bonds. The molecule has 0 saturated heterocycles. The first kappa shape index (κ1) is 16.4. The fourth-order valence-electron chi connectivity index (χ4n) is 1.60. The van der Waals surface area contributed by atoms with Crippen LogP contribution in [0.5, 0.6) is 0 Å². The quantitative estimate of drug-likeness (QED) is 0.415. The molecular formula is C14H22O4. The number of carbonyl (C=O) groups is 2. The number of hydrogen-bond acceptors (Lipinski definition) is 4. The van der Waals surface area contributed by atoms with E-state index in [4.69, 9.17) is 0 Å². The highest BCUT2D eigenvalue weighted by Gasteiger charge is 2.25. The lowest BCUT2D eigenvalue weighted by Gasteiger charge is -2.13. The van der Waals surface area contributed by atoms with Crippen molar-refractivity contribution in [2.24, 2.45) is 0 Å². The van der Waals surface area contributed by atoms with Gasteiger partial charge in [-0.25, -0.2) is 0 Å². The van der Waals surface area contributed by atoms with Gasteiger partial charge in [-0.1, -0.05) is 27.7 Å². The lowest BCUT2D eigenvalue weighted by molar-refractivity contribution is -0.118. The fourth-order valence-corrected chi connectivity index (χ4v) is 1.60. The van der Waals surface area contributed by atoms with Gasteiger partial charge in [0.25, 0.3) is 0 Å². The summed E-state index contributed by atoms with van der Waals surface area (Å²) in [6.45, 7) is 6.69. The standard InChI is InChI=1S/C14H22O4/c1-5-9(15)13(10(16)6-2)14(11(17)7-3)12(18)8-4/h15,17H,5-8H2,1-4H3/b13-9+,14-11+. The lowest BCUT2D eigenvalue weighted by Crippen LogP contribution is -2.16. The van der Waals surface area contributed by atoms with Gasteiger partial charge in [0.1, 0.15) is 11.5 Å². The molecule has 4 nitrogen and oxygen atoms in total. The summed E-state index contributed by atoms with van der Waals surface area (Å²) in [4.78, 5) is 23.8. The number of rotatable bonds is 7. The van der Waals surface area contributed by atoms with Crippen LogP contribution in [0.1, 0.15) is 53.4 Å². The lowest BCUT2D eigenvalue weighted by atomic mass is 9.92. The molecule has 0 unspecified atom stereocenters. The third-order valence-corrected chi connectivity index (χ3v) is 2.70. The van der Waals surface area contributed by atoms with Gasteiger partial charge < -0.3 is 10.2 Å². The van der Waals surface area contributed by atoms with Gasteiger partial charge in [0.2, 0.25) is 0 Å². The van der Waals surface area contributed by atoms with Crippen molar-refractivity contribution in [3.05, 3.63) is 22.7 Å². The number of Topliss-reactive ketones (excluding diaryl/α,β-unsaturated/α-hetero) is 2. The summed E-state index contributed by atoms with van der Waals surface area (Å²) in [5.74, 6) is -0.936. The zero-order chi connectivity index (χ0) is 14.3. The molecule has 0 aromatic heterocycles. The maximum absolute atomic E-state index is 11.9. The highest BCUT2D eigenvalue weighted by molar-refractivity contribution is 6.12. The van der Waals surface area contributed by atoms with Gasteiger partial charge >= 0.3 is 0 Å². The minimum absolute atomic E-state index is 0.0220. The predicted molar refractivity (Wildman–Crippen MR) is 70.5 cm³/mol. The molecule has 0 heterocycles. The van der Waals surface area contributed by atoms with E-state index in [9.17, 15) is 19.8 Å². The Kier molecular flexibility index (Phi) is 7.01. The average Bonchev–Trinajstić information content (AvgIpc) is 2.41. The molecular weight excluding hydrogens is 232 g/mol. The molecule has 0 aliphatic heterocycles. The maximum atomic E-state index is 11.9. The first-order chi connectivity index (χ1) is 8.44. The van der Waals surface area contributed by atoms with Crippen molar-refractivity contribution in [3.63, 3.8) is 0 Å². The fraction of sp³-hybridized carbons (Fsp3) is 0.571. The van der Waals surface area contributed by atoms with E-state index in [2.05, 4.69) is 0 Å². The van der Waals surface area contributed by atoms with Crippen LogP contribution in [0.2, 0.25) is 0 Å². The molecule has 0 aromatic carbocycles. The summed E-state index contributed by atoms with van der Waals surface area (Å²) in [6.07, 6.45) is 0.852. The second-order valence-corrected chi connectivity index (χ2v) is 3.90. The van der Waals surface area contributed by atoms with Gasteiger partial charge in [0.15, 0.2) is 11.6 Å². The van der Waals surface area contributed by atoms with Crippen molar-refractivity contribution >= 4 is 11.6 Å². The molecule has 0 spiro atoms. The van der Waals surface area contributed by atoms with Crippen molar-refractivity contribution in [3.8, 4) is 0 Å². The third kappa shape index (κ3) is 3.72. The molecule has 0 bridgehead atoms. The second kappa shape index (κ2) is 7.69. The van der Waals surface area contributed by atoms with Crippen molar-refractivity contribution in [2.45, 2.75) is 53.4 Å². The van der Waals surface area contributed by atoms with E-state index in [-0.39, 0.29) is 59.9 Å². The zero-order valence-corrected chi connectivity index (χ0v) is 11.5. The second-order valence-electron chi connectivity index (χ2n) is 3.90. The summed E-state index contributed by atoms with van der Waals surface area (Å²) in [5.41, 5.74) is -0.0441. The molecule has 0 atom stereocenters. The summed E-state index contributed by atoms with van der Waals surface area (Å²) in [7, 11) is 0. The Balaban J connectivity index is 5.99. The molecule has 2 N–H and O–H groups in total. The third-order valence-electron chi connectivity index (χ3n) is 2.70. The van der Waals surface area contributed by atoms with Crippen LogP contribution in [0.15, 0.2) is 22.7 Å². The van der Waals surface area contributed by atoms with Gasteiger partial charge in [-0.3, -0.25) is 9.59 Å². The molecule has 0 saturated carbocycles. The van der Waals surface area contributed by atoms with Gasteiger partial charge in [-0.2, -0.15) is 0 Å². The molecule has 0 fully saturated rings. The minimum Gasteiger partial charge on any atom is -0.512 e. The highest BCUT2D eigenvalue weighted by Crippen LogP contribution is 2.24. The van der Waals surface area contributed by atoms with Crippen LogP contribution in [0.25, 0.3) is 0 Å². The largest absolute Gasteiger partial charge is 0.512 e. The Morgan fingerprint density at radius 3 is 1.11 bits per heavy atom. The Morgan fingerprint density at radius 2 is 0.944 bits per heavy atom. The van der Waals surface area contributed by atoms with Crippen molar-refractivity contribution < 1.29 is 19.8 Å². The van der Waals surface area contributed by atoms with E-state index in [0.717, 1.165) is 0 Å². The van der Waals surface area contributed by atoms with Crippen LogP contribution >= 0.6 is 0 Å². The van der Waals surface area contributed by atoms with Gasteiger partial charge in [0.05, 0.1) is 11.1 Å². The van der Waals surface area contributed by atoms with Crippen molar-refractivity contribution in [1.29, 1.82) is 0 Å². The number of aliphatic hydroxyl groups excluding tert-OH is 2. The maximum Gasteiger partial charge on any atom is 0.166 e. The van der Waals surface area contributed by atoms with Crippen LogP contribution in [0.3, 0.4) is 0 Å². The van der Waals surface area contributed by atoms with E-state index >= 15 is 0 Å². The first-order valence-electron chi connectivity index (χ1n) is 6.35. The first-order valence-corrected chi connectivity index (χ1v) is 6.35. The molecule has 4 heteroatoms. The molecule has 0 radical (unpaired) electrons. The number of ketones is 2. The molecule has 0 aromatic rings. The van der Waals surface area contributed by atoms with E-state index in [1.54, 1.807) is 27.7 Å². The Bertz CT molecular complexity index is 351. The zero-order valence-electron chi connectivity index (χ0n) is 11.5. The van der Waals surface area contributed by atoms with Gasteiger partial charge in [0, 0.05) is 25.7 Å². The smallest absolute Gasteiger partial charge is 0.166 e.